The molecule has 2 unspecified atom stereocenters. The van der Waals surface area contributed by atoms with Gasteiger partial charge in [-0.2, -0.15) is 13.2 Å². The Labute approximate surface area is 114 Å². The van der Waals surface area contributed by atoms with Crippen LogP contribution in [-0.2, 0) is 0 Å². The number of aliphatic hydroxyl groups excluding tert-OH is 1. The Morgan fingerprint density at radius 1 is 1.37 bits per heavy atom. The second kappa shape index (κ2) is 6.24. The normalized spacial score (nSPS) is 20.6. The van der Waals surface area contributed by atoms with Crippen molar-refractivity contribution in [2.45, 2.75) is 44.0 Å². The number of aliphatic hydroxyl groups is 1. The molecule has 2 N–H and O–H groups in total. The Morgan fingerprint density at radius 3 is 2.58 bits per heavy atom. The van der Waals surface area contributed by atoms with Gasteiger partial charge in [0.25, 0.3) is 0 Å². The molecule has 1 fully saturated rings. The molecule has 0 saturated heterocycles. The molecular weight excluding hydrogens is 275 g/mol. The van der Waals surface area contributed by atoms with Crippen LogP contribution in [0.5, 0.6) is 0 Å². The SMILES string of the molecule is OC(CNC(c1cccs1)C1CCCC1)C(F)(F)F. The highest BCUT2D eigenvalue weighted by molar-refractivity contribution is 7.10. The lowest BCUT2D eigenvalue weighted by atomic mass is 9.96. The molecule has 2 nitrogen and oxygen atoms in total. The van der Waals surface area contributed by atoms with E-state index in [1.807, 2.05) is 17.5 Å². The van der Waals surface area contributed by atoms with E-state index in [1.165, 1.54) is 0 Å². The quantitative estimate of drug-likeness (QED) is 0.871. The third-order valence-electron chi connectivity index (χ3n) is 3.63. The van der Waals surface area contributed by atoms with Gasteiger partial charge >= 0.3 is 6.18 Å². The lowest BCUT2D eigenvalue weighted by Crippen LogP contribution is -2.41. The average Bonchev–Trinajstić information content (AvgIpc) is 3.00. The maximum atomic E-state index is 12.3. The van der Waals surface area contributed by atoms with Crippen molar-refractivity contribution in [3.8, 4) is 0 Å². The fourth-order valence-corrected chi connectivity index (χ4v) is 3.51. The van der Waals surface area contributed by atoms with Crippen molar-refractivity contribution in [3.05, 3.63) is 22.4 Å². The van der Waals surface area contributed by atoms with Gasteiger partial charge in [0, 0.05) is 17.5 Å². The van der Waals surface area contributed by atoms with Gasteiger partial charge in [-0.15, -0.1) is 11.3 Å². The van der Waals surface area contributed by atoms with Crippen molar-refractivity contribution < 1.29 is 18.3 Å². The molecule has 0 aliphatic heterocycles. The van der Waals surface area contributed by atoms with E-state index in [-0.39, 0.29) is 6.04 Å². The number of thiophene rings is 1. The Kier molecular flexibility index (Phi) is 4.86. The molecule has 2 atom stereocenters. The van der Waals surface area contributed by atoms with Crippen LogP contribution in [0.2, 0.25) is 0 Å². The maximum Gasteiger partial charge on any atom is 0.415 e. The fraction of sp³-hybridized carbons (Fsp3) is 0.692. The summed E-state index contributed by atoms with van der Waals surface area (Å²) >= 11 is 1.55. The van der Waals surface area contributed by atoms with Gasteiger partial charge in [-0.1, -0.05) is 18.9 Å². The summed E-state index contributed by atoms with van der Waals surface area (Å²) in [7, 11) is 0. The van der Waals surface area contributed by atoms with Gasteiger partial charge in [-0.25, -0.2) is 0 Å². The summed E-state index contributed by atoms with van der Waals surface area (Å²) in [6.07, 6.45) is -2.50. The topological polar surface area (TPSA) is 32.3 Å². The summed E-state index contributed by atoms with van der Waals surface area (Å²) in [6.45, 7) is -0.442. The number of halogens is 3. The van der Waals surface area contributed by atoms with E-state index in [0.29, 0.717) is 5.92 Å². The van der Waals surface area contributed by atoms with Gasteiger partial charge < -0.3 is 10.4 Å². The Bertz CT molecular complexity index is 374. The molecular formula is C13H18F3NOS. The average molecular weight is 293 g/mol. The molecule has 1 heterocycles. The second-order valence-corrected chi connectivity index (χ2v) is 5.98. The van der Waals surface area contributed by atoms with Crippen molar-refractivity contribution >= 4 is 11.3 Å². The smallest absolute Gasteiger partial charge is 0.382 e. The van der Waals surface area contributed by atoms with E-state index in [2.05, 4.69) is 5.32 Å². The summed E-state index contributed by atoms with van der Waals surface area (Å²) in [5.74, 6) is 0.374. The van der Waals surface area contributed by atoms with E-state index in [4.69, 9.17) is 5.11 Å². The first-order valence-corrected chi connectivity index (χ1v) is 7.38. The van der Waals surface area contributed by atoms with Gasteiger partial charge in [0.05, 0.1) is 0 Å². The third kappa shape index (κ3) is 3.94. The summed E-state index contributed by atoms with van der Waals surface area (Å²) in [6, 6.07) is 3.78. The van der Waals surface area contributed by atoms with Crippen LogP contribution < -0.4 is 5.32 Å². The summed E-state index contributed by atoms with van der Waals surface area (Å²) < 4.78 is 37.0. The molecule has 6 heteroatoms. The van der Waals surface area contributed by atoms with Crippen LogP contribution in [0.1, 0.15) is 36.6 Å². The summed E-state index contributed by atoms with van der Waals surface area (Å²) in [5, 5.41) is 13.9. The monoisotopic (exact) mass is 293 g/mol. The molecule has 19 heavy (non-hydrogen) atoms. The van der Waals surface area contributed by atoms with E-state index >= 15 is 0 Å². The minimum absolute atomic E-state index is 0.0699. The van der Waals surface area contributed by atoms with Crippen molar-refractivity contribution in [3.63, 3.8) is 0 Å². The number of rotatable bonds is 5. The van der Waals surface area contributed by atoms with Crippen LogP contribution in [-0.4, -0.2) is 23.9 Å². The van der Waals surface area contributed by atoms with Crippen molar-refractivity contribution in [2.24, 2.45) is 5.92 Å². The lowest BCUT2D eigenvalue weighted by molar-refractivity contribution is -0.202. The first kappa shape index (κ1) is 14.8. The van der Waals surface area contributed by atoms with Crippen LogP contribution in [0.25, 0.3) is 0 Å². The molecule has 108 valence electrons. The molecule has 0 amide bonds. The zero-order valence-corrected chi connectivity index (χ0v) is 11.3. The molecule has 0 aromatic carbocycles. The molecule has 1 saturated carbocycles. The molecule has 0 bridgehead atoms. The number of hydrogen-bond acceptors (Lipinski definition) is 3. The largest absolute Gasteiger partial charge is 0.415 e. The van der Waals surface area contributed by atoms with E-state index < -0.39 is 18.8 Å². The number of nitrogens with one attached hydrogen (secondary N) is 1. The van der Waals surface area contributed by atoms with Crippen LogP contribution in [0.4, 0.5) is 13.2 Å². The molecule has 1 aromatic rings. The second-order valence-electron chi connectivity index (χ2n) is 5.00. The molecule has 1 aromatic heterocycles. The minimum atomic E-state index is -4.55. The van der Waals surface area contributed by atoms with Gasteiger partial charge in [0.15, 0.2) is 6.10 Å². The van der Waals surface area contributed by atoms with E-state index in [0.717, 1.165) is 30.6 Å². The number of alkyl halides is 3. The Hall–Kier alpha value is -0.590. The lowest BCUT2D eigenvalue weighted by Gasteiger charge is -2.25. The van der Waals surface area contributed by atoms with Crippen molar-refractivity contribution in [1.29, 1.82) is 0 Å². The van der Waals surface area contributed by atoms with Crippen molar-refractivity contribution in [2.75, 3.05) is 6.54 Å². The zero-order valence-electron chi connectivity index (χ0n) is 10.5. The van der Waals surface area contributed by atoms with Gasteiger partial charge in [-0.3, -0.25) is 0 Å². The first-order chi connectivity index (χ1) is 8.98. The van der Waals surface area contributed by atoms with Gasteiger partial charge in [0.2, 0.25) is 0 Å². The Balaban J connectivity index is 1.98. The van der Waals surface area contributed by atoms with Crippen LogP contribution in [0.15, 0.2) is 17.5 Å². The van der Waals surface area contributed by atoms with Crippen LogP contribution in [0, 0.1) is 5.92 Å². The molecule has 1 aliphatic rings. The predicted octanol–water partition coefficient (Wildman–Crippen LogP) is 3.49. The zero-order chi connectivity index (χ0) is 13.9. The van der Waals surface area contributed by atoms with E-state index in [9.17, 15) is 13.2 Å². The minimum Gasteiger partial charge on any atom is -0.382 e. The highest BCUT2D eigenvalue weighted by atomic mass is 32.1. The molecule has 1 aliphatic carbocycles. The molecule has 0 spiro atoms. The first-order valence-electron chi connectivity index (χ1n) is 6.50. The van der Waals surface area contributed by atoms with Crippen LogP contribution in [0.3, 0.4) is 0 Å². The molecule has 0 radical (unpaired) electrons. The van der Waals surface area contributed by atoms with Gasteiger partial charge in [0.1, 0.15) is 0 Å². The summed E-state index contributed by atoms with van der Waals surface area (Å²) in [5.41, 5.74) is 0. The van der Waals surface area contributed by atoms with Gasteiger partial charge in [-0.05, 0) is 30.2 Å². The predicted molar refractivity (Wildman–Crippen MR) is 69.1 cm³/mol. The third-order valence-corrected chi connectivity index (χ3v) is 4.59. The fourth-order valence-electron chi connectivity index (χ4n) is 2.61. The highest BCUT2D eigenvalue weighted by Gasteiger charge is 2.39. The highest BCUT2D eigenvalue weighted by Crippen LogP contribution is 2.37. The maximum absolute atomic E-state index is 12.3. The Morgan fingerprint density at radius 2 is 2.05 bits per heavy atom. The van der Waals surface area contributed by atoms with Crippen LogP contribution >= 0.6 is 11.3 Å². The summed E-state index contributed by atoms with van der Waals surface area (Å²) in [4.78, 5) is 1.06. The molecule has 2 rings (SSSR count). The van der Waals surface area contributed by atoms with E-state index in [1.54, 1.807) is 11.3 Å². The standard InChI is InChI=1S/C13H18F3NOS/c14-13(15,16)11(18)8-17-12(9-4-1-2-5-9)10-6-3-7-19-10/h3,6-7,9,11-12,17-18H,1-2,4-5,8H2. The number of hydrogen-bond donors (Lipinski definition) is 2. The van der Waals surface area contributed by atoms with Crippen molar-refractivity contribution in [1.82, 2.24) is 5.32 Å².